The molecule has 0 saturated carbocycles. The van der Waals surface area contributed by atoms with E-state index >= 15 is 0 Å². The van der Waals surface area contributed by atoms with Gasteiger partial charge in [-0.1, -0.05) is 13.0 Å². The molecule has 0 fully saturated rings. The van der Waals surface area contributed by atoms with Crippen LogP contribution in [0.15, 0.2) is 23.6 Å². The number of ether oxygens (including phenoxy) is 1. The van der Waals surface area contributed by atoms with Crippen LogP contribution in [-0.2, 0) is 13.0 Å². The second-order valence-electron chi connectivity index (χ2n) is 3.37. The van der Waals surface area contributed by atoms with Gasteiger partial charge >= 0.3 is 0 Å². The molecule has 0 aromatic carbocycles. The summed E-state index contributed by atoms with van der Waals surface area (Å²) in [5, 5.41) is 2.02. The van der Waals surface area contributed by atoms with Crippen molar-refractivity contribution in [2.24, 2.45) is 5.84 Å². The molecule has 0 saturated heterocycles. The molecule has 0 spiro atoms. The maximum Gasteiger partial charge on any atom is 0.219 e. The first kappa shape index (κ1) is 11.8. The Morgan fingerprint density at radius 1 is 1.47 bits per heavy atom. The van der Waals surface area contributed by atoms with E-state index in [-0.39, 0.29) is 0 Å². The van der Waals surface area contributed by atoms with Gasteiger partial charge in [0.15, 0.2) is 0 Å². The van der Waals surface area contributed by atoms with Gasteiger partial charge in [0.05, 0.1) is 0 Å². The number of anilines is 1. The SMILES string of the molecule is CCc1nc(NN)cc(OCc2cccs2)n1. The molecule has 2 aromatic heterocycles. The van der Waals surface area contributed by atoms with Crippen molar-refractivity contribution < 1.29 is 4.74 Å². The maximum atomic E-state index is 5.60. The summed E-state index contributed by atoms with van der Waals surface area (Å²) in [7, 11) is 0. The number of nitrogens with zero attached hydrogens (tertiary/aromatic N) is 2. The monoisotopic (exact) mass is 250 g/mol. The fourth-order valence-corrected chi connectivity index (χ4v) is 1.93. The summed E-state index contributed by atoms with van der Waals surface area (Å²) in [6.45, 7) is 2.50. The molecule has 3 N–H and O–H groups in total. The van der Waals surface area contributed by atoms with Crippen LogP contribution in [0, 0.1) is 0 Å². The number of rotatable bonds is 5. The van der Waals surface area contributed by atoms with E-state index in [2.05, 4.69) is 15.4 Å². The standard InChI is InChI=1S/C11H14N4OS/c1-2-9-13-10(15-12)6-11(14-9)16-7-8-4-3-5-17-8/h3-6H,2,7,12H2,1H3,(H,13,14,15). The van der Waals surface area contributed by atoms with E-state index in [0.717, 1.165) is 11.3 Å². The number of nitrogen functional groups attached to an aromatic ring is 1. The second kappa shape index (κ2) is 5.60. The van der Waals surface area contributed by atoms with Crippen LogP contribution in [-0.4, -0.2) is 9.97 Å². The lowest BCUT2D eigenvalue weighted by atomic mass is 10.4. The average molecular weight is 250 g/mol. The molecule has 2 rings (SSSR count). The summed E-state index contributed by atoms with van der Waals surface area (Å²) in [5.41, 5.74) is 2.51. The summed E-state index contributed by atoms with van der Waals surface area (Å²) in [5.74, 6) is 7.16. The highest BCUT2D eigenvalue weighted by atomic mass is 32.1. The van der Waals surface area contributed by atoms with E-state index in [4.69, 9.17) is 10.6 Å². The molecule has 2 heterocycles. The fourth-order valence-electron chi connectivity index (χ4n) is 1.32. The van der Waals surface area contributed by atoms with E-state index in [1.165, 1.54) is 0 Å². The number of hydrogen-bond acceptors (Lipinski definition) is 6. The molecule has 0 aliphatic carbocycles. The van der Waals surface area contributed by atoms with E-state index in [9.17, 15) is 0 Å². The van der Waals surface area contributed by atoms with Crippen LogP contribution >= 0.6 is 11.3 Å². The molecule has 0 amide bonds. The highest BCUT2D eigenvalue weighted by Crippen LogP contribution is 2.16. The van der Waals surface area contributed by atoms with Gasteiger partial charge in [0.25, 0.3) is 0 Å². The molecular weight excluding hydrogens is 236 g/mol. The second-order valence-corrected chi connectivity index (χ2v) is 4.41. The molecule has 0 unspecified atom stereocenters. The minimum atomic E-state index is 0.516. The fraction of sp³-hybridized carbons (Fsp3) is 0.273. The third-order valence-corrected chi connectivity index (χ3v) is 3.01. The first-order valence-electron chi connectivity index (χ1n) is 5.31. The molecule has 2 aromatic rings. The largest absolute Gasteiger partial charge is 0.472 e. The zero-order chi connectivity index (χ0) is 12.1. The summed E-state index contributed by atoms with van der Waals surface area (Å²) < 4.78 is 5.60. The predicted octanol–water partition coefficient (Wildman–Crippen LogP) is 1.97. The number of hydrogen-bond donors (Lipinski definition) is 2. The van der Waals surface area contributed by atoms with Gasteiger partial charge in [0.1, 0.15) is 18.2 Å². The molecule has 0 radical (unpaired) electrons. The molecular formula is C11H14N4OS. The molecule has 6 heteroatoms. The smallest absolute Gasteiger partial charge is 0.219 e. The van der Waals surface area contributed by atoms with E-state index < -0.39 is 0 Å². The number of aryl methyl sites for hydroxylation is 1. The van der Waals surface area contributed by atoms with Gasteiger partial charge in [-0.05, 0) is 11.4 Å². The van der Waals surface area contributed by atoms with Crippen LogP contribution in [0.25, 0.3) is 0 Å². The minimum Gasteiger partial charge on any atom is -0.472 e. The van der Waals surface area contributed by atoms with E-state index in [1.807, 2.05) is 24.4 Å². The van der Waals surface area contributed by atoms with Crippen molar-refractivity contribution in [3.63, 3.8) is 0 Å². The van der Waals surface area contributed by atoms with Crippen molar-refractivity contribution in [3.05, 3.63) is 34.3 Å². The molecule has 0 bridgehead atoms. The molecule has 17 heavy (non-hydrogen) atoms. The van der Waals surface area contributed by atoms with Crippen LogP contribution in [0.2, 0.25) is 0 Å². The Labute approximate surface area is 104 Å². The van der Waals surface area contributed by atoms with Gasteiger partial charge in [-0.3, -0.25) is 0 Å². The predicted molar refractivity (Wildman–Crippen MR) is 67.9 cm³/mol. The summed E-state index contributed by atoms with van der Waals surface area (Å²) in [6, 6.07) is 5.70. The lowest BCUT2D eigenvalue weighted by molar-refractivity contribution is 0.296. The number of thiophene rings is 1. The number of nitrogens with two attached hydrogens (primary N) is 1. The Kier molecular flexibility index (Phi) is 3.89. The maximum absolute atomic E-state index is 5.60. The van der Waals surface area contributed by atoms with Crippen molar-refractivity contribution in [1.82, 2.24) is 9.97 Å². The van der Waals surface area contributed by atoms with Gasteiger partial charge in [-0.2, -0.15) is 4.98 Å². The Balaban J connectivity index is 2.09. The minimum absolute atomic E-state index is 0.516. The molecule has 5 nitrogen and oxygen atoms in total. The Hall–Kier alpha value is -1.66. The molecule has 0 atom stereocenters. The summed E-state index contributed by atoms with van der Waals surface area (Å²) in [6.07, 6.45) is 0.741. The zero-order valence-electron chi connectivity index (χ0n) is 9.51. The number of nitrogens with one attached hydrogen (secondary N) is 1. The topological polar surface area (TPSA) is 73.1 Å². The van der Waals surface area contributed by atoms with Gasteiger partial charge in [0, 0.05) is 17.4 Å². The number of aromatic nitrogens is 2. The third-order valence-electron chi connectivity index (χ3n) is 2.16. The van der Waals surface area contributed by atoms with Crippen molar-refractivity contribution in [1.29, 1.82) is 0 Å². The molecule has 90 valence electrons. The van der Waals surface area contributed by atoms with Gasteiger partial charge in [0.2, 0.25) is 5.88 Å². The van der Waals surface area contributed by atoms with Crippen molar-refractivity contribution >= 4 is 17.2 Å². The van der Waals surface area contributed by atoms with Gasteiger partial charge in [-0.25, -0.2) is 10.8 Å². The summed E-state index contributed by atoms with van der Waals surface area (Å²) in [4.78, 5) is 9.62. The Morgan fingerprint density at radius 3 is 3.00 bits per heavy atom. The van der Waals surface area contributed by atoms with Crippen LogP contribution < -0.4 is 16.0 Å². The Bertz CT molecular complexity index is 450. The van der Waals surface area contributed by atoms with E-state index in [1.54, 1.807) is 17.4 Å². The third kappa shape index (κ3) is 3.15. The molecule has 0 aliphatic heterocycles. The lowest BCUT2D eigenvalue weighted by Gasteiger charge is -2.07. The van der Waals surface area contributed by atoms with Crippen LogP contribution in [0.1, 0.15) is 17.6 Å². The Morgan fingerprint density at radius 2 is 2.35 bits per heavy atom. The van der Waals surface area contributed by atoms with Gasteiger partial charge in [-0.15, -0.1) is 11.3 Å². The van der Waals surface area contributed by atoms with Crippen LogP contribution in [0.4, 0.5) is 5.82 Å². The molecule has 0 aliphatic rings. The quantitative estimate of drug-likeness (QED) is 0.627. The summed E-state index contributed by atoms with van der Waals surface area (Å²) >= 11 is 1.65. The van der Waals surface area contributed by atoms with E-state index in [0.29, 0.717) is 24.1 Å². The van der Waals surface area contributed by atoms with Crippen LogP contribution in [0.3, 0.4) is 0 Å². The van der Waals surface area contributed by atoms with Crippen molar-refractivity contribution in [2.75, 3.05) is 5.43 Å². The highest BCUT2D eigenvalue weighted by molar-refractivity contribution is 7.09. The van der Waals surface area contributed by atoms with Gasteiger partial charge < -0.3 is 10.2 Å². The first-order chi connectivity index (χ1) is 8.31. The average Bonchev–Trinajstić information content (AvgIpc) is 2.89. The van der Waals surface area contributed by atoms with Crippen molar-refractivity contribution in [3.8, 4) is 5.88 Å². The normalized spacial score (nSPS) is 10.2. The highest BCUT2D eigenvalue weighted by Gasteiger charge is 2.04. The van der Waals surface area contributed by atoms with Crippen LogP contribution in [0.5, 0.6) is 5.88 Å². The zero-order valence-corrected chi connectivity index (χ0v) is 10.3. The number of hydrazine groups is 1. The van der Waals surface area contributed by atoms with Crippen molar-refractivity contribution in [2.45, 2.75) is 20.0 Å². The first-order valence-corrected chi connectivity index (χ1v) is 6.19. The lowest BCUT2D eigenvalue weighted by Crippen LogP contribution is -2.11.